The lowest BCUT2D eigenvalue weighted by molar-refractivity contribution is -0.0107. The van der Waals surface area contributed by atoms with Crippen LogP contribution in [0, 0.1) is 17.3 Å². The maximum Gasteiger partial charge on any atom is 0.0367 e. The molecular weight excluding hydrogens is 268 g/mol. The van der Waals surface area contributed by atoms with Crippen LogP contribution in [0.25, 0.3) is 0 Å². The van der Waals surface area contributed by atoms with Crippen LogP contribution in [0.5, 0.6) is 0 Å². The first-order chi connectivity index (χ1) is 10.6. The van der Waals surface area contributed by atoms with E-state index >= 15 is 0 Å². The van der Waals surface area contributed by atoms with Crippen LogP contribution in [0.15, 0.2) is 42.0 Å². The minimum absolute atomic E-state index is 0.565. The van der Waals surface area contributed by atoms with E-state index < -0.39 is 0 Å². The molecule has 0 unspecified atom stereocenters. The van der Waals surface area contributed by atoms with E-state index in [9.17, 15) is 0 Å². The Morgan fingerprint density at radius 2 is 1.77 bits per heavy atom. The topological polar surface area (TPSA) is 6.48 Å². The van der Waals surface area contributed by atoms with Gasteiger partial charge < -0.3 is 4.90 Å². The SMILES string of the molecule is CC1(C)[C@H]2CC=C(CN3CCN(c4ccccc4)CC3)[C@@H]1C2. The van der Waals surface area contributed by atoms with E-state index in [1.807, 2.05) is 0 Å². The van der Waals surface area contributed by atoms with E-state index in [0.717, 1.165) is 24.9 Å². The van der Waals surface area contributed by atoms with Gasteiger partial charge in [-0.3, -0.25) is 4.90 Å². The van der Waals surface area contributed by atoms with Crippen molar-refractivity contribution in [2.24, 2.45) is 17.3 Å². The van der Waals surface area contributed by atoms with Gasteiger partial charge in [0.15, 0.2) is 0 Å². The summed E-state index contributed by atoms with van der Waals surface area (Å²) in [4.78, 5) is 5.19. The zero-order valence-corrected chi connectivity index (χ0v) is 14.0. The van der Waals surface area contributed by atoms with Crippen molar-refractivity contribution >= 4 is 5.69 Å². The molecule has 2 nitrogen and oxygen atoms in total. The number of para-hydroxylation sites is 1. The van der Waals surface area contributed by atoms with Gasteiger partial charge >= 0.3 is 0 Å². The number of rotatable bonds is 3. The minimum atomic E-state index is 0.565. The molecule has 22 heavy (non-hydrogen) atoms. The number of piperazine rings is 1. The maximum absolute atomic E-state index is 2.67. The first-order valence-corrected chi connectivity index (χ1v) is 8.86. The monoisotopic (exact) mass is 296 g/mol. The molecular formula is C20H28N2. The summed E-state index contributed by atoms with van der Waals surface area (Å²) in [6, 6.07) is 10.9. The zero-order chi connectivity index (χ0) is 15.2. The van der Waals surface area contributed by atoms with Crippen molar-refractivity contribution < 1.29 is 0 Å². The Bertz CT molecular complexity index is 552. The van der Waals surface area contributed by atoms with Gasteiger partial charge in [-0.05, 0) is 42.2 Å². The molecule has 4 aliphatic rings. The number of hydrogen-bond donors (Lipinski definition) is 0. The molecule has 1 saturated carbocycles. The summed E-state index contributed by atoms with van der Waals surface area (Å²) < 4.78 is 0. The second-order valence-corrected chi connectivity index (χ2v) is 7.92. The van der Waals surface area contributed by atoms with E-state index in [1.54, 1.807) is 5.57 Å². The van der Waals surface area contributed by atoms with E-state index in [1.165, 1.54) is 38.2 Å². The first-order valence-electron chi connectivity index (χ1n) is 8.86. The minimum Gasteiger partial charge on any atom is -0.369 e. The van der Waals surface area contributed by atoms with E-state index in [2.05, 4.69) is 60.1 Å². The van der Waals surface area contributed by atoms with Gasteiger partial charge in [-0.15, -0.1) is 0 Å². The van der Waals surface area contributed by atoms with Crippen molar-refractivity contribution in [1.29, 1.82) is 0 Å². The average Bonchev–Trinajstić information content (AvgIpc) is 2.56. The molecule has 0 spiro atoms. The van der Waals surface area contributed by atoms with Gasteiger partial charge in [0.1, 0.15) is 0 Å². The summed E-state index contributed by atoms with van der Waals surface area (Å²) in [5, 5.41) is 0. The van der Waals surface area contributed by atoms with Gasteiger partial charge in [0, 0.05) is 38.4 Å². The fraction of sp³-hybridized carbons (Fsp3) is 0.600. The first kappa shape index (κ1) is 14.3. The quantitative estimate of drug-likeness (QED) is 0.783. The number of hydrogen-bond acceptors (Lipinski definition) is 2. The normalized spacial score (nSPS) is 30.6. The van der Waals surface area contributed by atoms with Crippen molar-refractivity contribution in [1.82, 2.24) is 4.90 Å². The van der Waals surface area contributed by atoms with Crippen LogP contribution in [0.4, 0.5) is 5.69 Å². The number of anilines is 1. The third-order valence-electron chi connectivity index (χ3n) is 6.48. The van der Waals surface area contributed by atoms with Crippen molar-refractivity contribution in [3.05, 3.63) is 42.0 Å². The largest absolute Gasteiger partial charge is 0.369 e. The Morgan fingerprint density at radius 3 is 2.41 bits per heavy atom. The third-order valence-corrected chi connectivity index (χ3v) is 6.48. The van der Waals surface area contributed by atoms with Gasteiger partial charge in [0.25, 0.3) is 0 Å². The molecule has 2 bridgehead atoms. The molecule has 3 aliphatic carbocycles. The number of allylic oxidation sites excluding steroid dienone is 1. The second-order valence-electron chi connectivity index (χ2n) is 7.92. The average molecular weight is 296 g/mol. The Balaban J connectivity index is 1.34. The molecule has 2 heteroatoms. The molecule has 2 fully saturated rings. The second kappa shape index (κ2) is 5.42. The highest BCUT2D eigenvalue weighted by Gasteiger charge is 2.51. The van der Waals surface area contributed by atoms with E-state index in [-0.39, 0.29) is 0 Å². The van der Waals surface area contributed by atoms with Crippen LogP contribution in [0.3, 0.4) is 0 Å². The summed E-state index contributed by atoms with van der Waals surface area (Å²) in [5.74, 6) is 1.81. The van der Waals surface area contributed by atoms with Gasteiger partial charge in [0.05, 0.1) is 0 Å². The van der Waals surface area contributed by atoms with Crippen LogP contribution in [0.1, 0.15) is 26.7 Å². The van der Waals surface area contributed by atoms with Crippen LogP contribution in [0.2, 0.25) is 0 Å². The summed E-state index contributed by atoms with van der Waals surface area (Å²) in [6.45, 7) is 10.9. The molecule has 1 aliphatic heterocycles. The molecule has 0 N–H and O–H groups in total. The Kier molecular flexibility index (Phi) is 3.53. The molecule has 1 heterocycles. The van der Waals surface area contributed by atoms with E-state index in [4.69, 9.17) is 0 Å². The van der Waals surface area contributed by atoms with E-state index in [0.29, 0.717) is 5.41 Å². The third kappa shape index (κ3) is 2.38. The molecule has 118 valence electrons. The number of fused-ring (bicyclic) bond motifs is 1. The molecule has 1 saturated heterocycles. The predicted molar refractivity (Wildman–Crippen MR) is 93.2 cm³/mol. The highest BCUT2D eigenvalue weighted by Crippen LogP contribution is 2.59. The van der Waals surface area contributed by atoms with Gasteiger partial charge in [-0.25, -0.2) is 0 Å². The zero-order valence-electron chi connectivity index (χ0n) is 14.0. The Hall–Kier alpha value is -1.28. The lowest BCUT2D eigenvalue weighted by Crippen LogP contribution is -2.52. The van der Waals surface area contributed by atoms with Crippen LogP contribution in [-0.4, -0.2) is 37.6 Å². The summed E-state index contributed by atoms with van der Waals surface area (Å²) in [5.41, 5.74) is 3.68. The summed E-state index contributed by atoms with van der Waals surface area (Å²) in [7, 11) is 0. The predicted octanol–water partition coefficient (Wildman–Crippen LogP) is 3.80. The van der Waals surface area contributed by atoms with Crippen LogP contribution >= 0.6 is 0 Å². The Labute approximate surface area is 134 Å². The van der Waals surface area contributed by atoms with Gasteiger partial charge in [-0.2, -0.15) is 0 Å². The molecule has 1 aromatic rings. The van der Waals surface area contributed by atoms with Gasteiger partial charge in [-0.1, -0.05) is 43.7 Å². The highest BCUT2D eigenvalue weighted by molar-refractivity contribution is 5.46. The van der Waals surface area contributed by atoms with Crippen molar-refractivity contribution in [2.45, 2.75) is 26.7 Å². The molecule has 0 radical (unpaired) electrons. The van der Waals surface area contributed by atoms with Crippen LogP contribution < -0.4 is 4.90 Å². The molecule has 0 aromatic heterocycles. The maximum atomic E-state index is 2.67. The number of nitrogens with zero attached hydrogens (tertiary/aromatic N) is 2. The molecule has 0 amide bonds. The number of benzene rings is 1. The van der Waals surface area contributed by atoms with Crippen molar-refractivity contribution in [3.63, 3.8) is 0 Å². The van der Waals surface area contributed by atoms with Crippen molar-refractivity contribution in [2.75, 3.05) is 37.6 Å². The van der Waals surface area contributed by atoms with Crippen molar-refractivity contribution in [3.8, 4) is 0 Å². The molecule has 1 aromatic carbocycles. The Morgan fingerprint density at radius 1 is 1.05 bits per heavy atom. The molecule has 2 atom stereocenters. The lowest BCUT2D eigenvalue weighted by Gasteiger charge is -2.57. The molecule has 5 rings (SSSR count). The summed E-state index contributed by atoms with van der Waals surface area (Å²) >= 11 is 0. The van der Waals surface area contributed by atoms with Crippen LogP contribution in [-0.2, 0) is 0 Å². The fourth-order valence-corrected chi connectivity index (χ4v) is 4.72. The summed E-state index contributed by atoms with van der Waals surface area (Å²) in [6.07, 6.45) is 5.33. The standard InChI is InChI=1S/C20H28N2/c1-20(2)17-9-8-16(19(20)14-17)15-21-10-12-22(13-11-21)18-6-4-3-5-7-18/h3-8,17,19H,9-15H2,1-2H3/t17-,19-/m0/s1. The van der Waals surface area contributed by atoms with Gasteiger partial charge in [0.2, 0.25) is 0 Å². The highest BCUT2D eigenvalue weighted by atomic mass is 15.3. The lowest BCUT2D eigenvalue weighted by atomic mass is 9.49. The fourth-order valence-electron chi connectivity index (χ4n) is 4.72. The smallest absolute Gasteiger partial charge is 0.0367 e.